The molecule has 1 amide bonds. The van der Waals surface area contributed by atoms with E-state index in [1.165, 1.54) is 4.90 Å². The number of pyridine rings is 1. The average Bonchev–Trinajstić information content (AvgIpc) is 2.99. The topological polar surface area (TPSA) is 77.5 Å². The maximum absolute atomic E-state index is 12.4. The smallest absolute Gasteiger partial charge is 0.224 e. The van der Waals surface area contributed by atoms with Crippen molar-refractivity contribution in [3.05, 3.63) is 90.3 Å². The number of rotatable bonds is 14. The molecule has 1 aliphatic heterocycles. The Morgan fingerprint density at radius 1 is 0.872 bits per heavy atom. The van der Waals surface area contributed by atoms with Gasteiger partial charge in [-0.3, -0.25) is 14.6 Å². The van der Waals surface area contributed by atoms with Gasteiger partial charge in [-0.25, -0.2) is 0 Å². The average molecular weight is 547 g/mol. The van der Waals surface area contributed by atoms with E-state index in [2.05, 4.69) is 22.4 Å². The lowest BCUT2D eigenvalue weighted by molar-refractivity contribution is -0.245. The first-order valence-corrected chi connectivity index (χ1v) is 14.9. The molecule has 1 saturated heterocycles. The van der Waals surface area contributed by atoms with Crippen molar-refractivity contribution < 1.29 is 19.1 Å². The molecule has 1 aromatic heterocycles. The zero-order valence-electron chi connectivity index (χ0n) is 22.6. The number of ether oxygens (including phenoxy) is 2. The van der Waals surface area contributed by atoms with Crippen LogP contribution in [0.15, 0.2) is 84.0 Å². The molecule has 3 aromatic rings. The van der Waals surface area contributed by atoms with Crippen LogP contribution in [-0.2, 0) is 19.1 Å². The largest absolute Gasteiger partial charge is 0.344 e. The second-order valence-electron chi connectivity index (χ2n) is 9.83. The van der Waals surface area contributed by atoms with Gasteiger partial charge in [-0.2, -0.15) is 0 Å². The standard InChI is InChI=1S/C32H38N2O4S/c1-2-27(35)12-8-3-4-9-13-31(36)34-26-16-14-25(15-17-26)32-37-28(23-39-29-18-20-33-21-19-29)22-30(38-32)24-10-6-5-7-11-24/h5-7,10-11,14-21,28,30,32H,2-4,8-9,12-13,22-23H2,1H3,(H,34,36)/t28-,30+,32?/m0/s1. The first-order valence-electron chi connectivity index (χ1n) is 13.9. The fourth-order valence-electron chi connectivity index (χ4n) is 4.56. The Labute approximate surface area is 235 Å². The first kappa shape index (κ1) is 29.0. The number of hydrogen-bond donors (Lipinski definition) is 1. The summed E-state index contributed by atoms with van der Waals surface area (Å²) >= 11 is 1.76. The fraction of sp³-hybridized carbons (Fsp3) is 0.406. The summed E-state index contributed by atoms with van der Waals surface area (Å²) in [5.41, 5.74) is 2.83. The number of carbonyl (C=O) groups is 2. The highest BCUT2D eigenvalue weighted by Gasteiger charge is 2.32. The van der Waals surface area contributed by atoms with E-state index in [0.29, 0.717) is 25.0 Å². The lowest BCUT2D eigenvalue weighted by atomic mass is 10.0. The number of thioether (sulfide) groups is 1. The van der Waals surface area contributed by atoms with Crippen LogP contribution >= 0.6 is 11.8 Å². The lowest BCUT2D eigenvalue weighted by Gasteiger charge is -2.36. The van der Waals surface area contributed by atoms with Crippen LogP contribution in [0.2, 0.25) is 0 Å². The number of anilines is 1. The second-order valence-corrected chi connectivity index (χ2v) is 10.9. The summed E-state index contributed by atoms with van der Waals surface area (Å²) in [7, 11) is 0. The van der Waals surface area contributed by atoms with Gasteiger partial charge in [-0.15, -0.1) is 11.8 Å². The predicted molar refractivity (Wildman–Crippen MR) is 156 cm³/mol. The Morgan fingerprint density at radius 3 is 2.31 bits per heavy atom. The van der Waals surface area contributed by atoms with Gasteiger partial charge < -0.3 is 14.8 Å². The van der Waals surface area contributed by atoms with Crippen LogP contribution in [0, 0.1) is 0 Å². The highest BCUT2D eigenvalue weighted by molar-refractivity contribution is 7.99. The van der Waals surface area contributed by atoms with Crippen molar-refractivity contribution in [1.29, 1.82) is 0 Å². The Kier molecular flexibility index (Phi) is 11.6. The molecule has 3 atom stereocenters. The number of amides is 1. The van der Waals surface area contributed by atoms with E-state index in [1.807, 2.05) is 61.5 Å². The maximum atomic E-state index is 12.4. The Hall–Kier alpha value is -3.00. The van der Waals surface area contributed by atoms with Crippen LogP contribution in [0.4, 0.5) is 5.69 Å². The summed E-state index contributed by atoms with van der Waals surface area (Å²) in [6.45, 7) is 1.90. The molecule has 2 heterocycles. The van der Waals surface area contributed by atoms with Crippen molar-refractivity contribution in [2.75, 3.05) is 11.1 Å². The van der Waals surface area contributed by atoms with E-state index in [4.69, 9.17) is 9.47 Å². The molecule has 2 aromatic carbocycles. The van der Waals surface area contributed by atoms with Gasteiger partial charge in [0.05, 0.1) is 12.2 Å². The number of ketones is 1. The van der Waals surface area contributed by atoms with Crippen molar-refractivity contribution in [3.63, 3.8) is 0 Å². The number of Topliss-reactive ketones (excluding diaryl/α,β-unsaturated/α-hetero) is 1. The van der Waals surface area contributed by atoms with Crippen LogP contribution < -0.4 is 5.32 Å². The van der Waals surface area contributed by atoms with Crippen LogP contribution in [0.3, 0.4) is 0 Å². The maximum Gasteiger partial charge on any atom is 0.224 e. The molecule has 0 spiro atoms. The SMILES string of the molecule is CCC(=O)CCCCCCC(=O)Nc1ccc(C2O[C@H](CSc3ccncc3)C[C@H](c3ccccc3)O2)cc1. The Balaban J connectivity index is 1.30. The van der Waals surface area contributed by atoms with Crippen LogP contribution in [-0.4, -0.2) is 28.5 Å². The number of benzene rings is 2. The van der Waals surface area contributed by atoms with E-state index in [0.717, 1.165) is 54.7 Å². The van der Waals surface area contributed by atoms with E-state index in [-0.39, 0.29) is 18.1 Å². The summed E-state index contributed by atoms with van der Waals surface area (Å²) in [5.74, 6) is 1.14. The molecule has 1 N–H and O–H groups in total. The van der Waals surface area contributed by atoms with Gasteiger partial charge in [-0.1, -0.05) is 62.2 Å². The molecule has 39 heavy (non-hydrogen) atoms. The molecule has 0 saturated carbocycles. The molecule has 0 bridgehead atoms. The number of nitrogens with one attached hydrogen (secondary N) is 1. The number of hydrogen-bond acceptors (Lipinski definition) is 6. The van der Waals surface area contributed by atoms with Gasteiger partial charge in [0.25, 0.3) is 0 Å². The van der Waals surface area contributed by atoms with Crippen molar-refractivity contribution in [2.45, 2.75) is 81.7 Å². The molecule has 7 heteroatoms. The number of nitrogens with zero attached hydrogens (tertiary/aromatic N) is 1. The van der Waals surface area contributed by atoms with E-state index >= 15 is 0 Å². The number of unbranched alkanes of at least 4 members (excludes halogenated alkanes) is 3. The van der Waals surface area contributed by atoms with Crippen LogP contribution in [0.25, 0.3) is 0 Å². The zero-order chi connectivity index (χ0) is 27.3. The molecule has 1 unspecified atom stereocenters. The molecule has 1 fully saturated rings. The zero-order valence-corrected chi connectivity index (χ0v) is 23.4. The van der Waals surface area contributed by atoms with E-state index < -0.39 is 6.29 Å². The number of carbonyl (C=O) groups excluding carboxylic acids is 2. The van der Waals surface area contributed by atoms with Crippen molar-refractivity contribution in [1.82, 2.24) is 4.98 Å². The van der Waals surface area contributed by atoms with Gasteiger partial charge in [0.15, 0.2) is 6.29 Å². The molecule has 0 aliphatic carbocycles. The number of aromatic nitrogens is 1. The summed E-state index contributed by atoms with van der Waals surface area (Å²) in [4.78, 5) is 29.0. The third-order valence-electron chi connectivity index (χ3n) is 6.81. The third-order valence-corrected chi connectivity index (χ3v) is 7.95. The van der Waals surface area contributed by atoms with Gasteiger partial charge >= 0.3 is 0 Å². The molecule has 206 valence electrons. The molecular weight excluding hydrogens is 508 g/mol. The summed E-state index contributed by atoms with van der Waals surface area (Å²) in [5, 5.41) is 2.99. The van der Waals surface area contributed by atoms with Crippen LogP contribution in [0.5, 0.6) is 0 Å². The van der Waals surface area contributed by atoms with Crippen molar-refractivity contribution in [2.24, 2.45) is 0 Å². The molecule has 4 rings (SSSR count). The van der Waals surface area contributed by atoms with Gasteiger partial charge in [0.2, 0.25) is 5.91 Å². The normalized spacial score (nSPS) is 18.9. The molecular formula is C32H38N2O4S. The molecule has 0 radical (unpaired) electrons. The van der Waals surface area contributed by atoms with Gasteiger partial charge in [0, 0.05) is 60.0 Å². The highest BCUT2D eigenvalue weighted by atomic mass is 32.2. The predicted octanol–water partition coefficient (Wildman–Crippen LogP) is 7.68. The van der Waals surface area contributed by atoms with Crippen molar-refractivity contribution >= 4 is 29.1 Å². The van der Waals surface area contributed by atoms with Crippen LogP contribution in [0.1, 0.15) is 81.8 Å². The monoisotopic (exact) mass is 546 g/mol. The van der Waals surface area contributed by atoms with Gasteiger partial charge in [0.1, 0.15) is 5.78 Å². The quantitative estimate of drug-likeness (QED) is 0.165. The van der Waals surface area contributed by atoms with Gasteiger partial charge in [-0.05, 0) is 42.7 Å². The highest BCUT2D eigenvalue weighted by Crippen LogP contribution is 2.39. The minimum Gasteiger partial charge on any atom is -0.344 e. The first-order chi connectivity index (χ1) is 19.1. The second kappa shape index (κ2) is 15.6. The molecule has 1 aliphatic rings. The summed E-state index contributed by atoms with van der Waals surface area (Å²) in [6.07, 6.45) is 9.29. The Bertz CT molecular complexity index is 1160. The van der Waals surface area contributed by atoms with E-state index in [1.54, 1.807) is 24.2 Å². The minimum atomic E-state index is -0.490. The van der Waals surface area contributed by atoms with Crippen molar-refractivity contribution in [3.8, 4) is 0 Å². The minimum absolute atomic E-state index is 0.00916. The third kappa shape index (κ3) is 9.60. The summed E-state index contributed by atoms with van der Waals surface area (Å²) < 4.78 is 12.8. The Morgan fingerprint density at radius 2 is 1.59 bits per heavy atom. The van der Waals surface area contributed by atoms with E-state index in [9.17, 15) is 9.59 Å². The fourth-order valence-corrected chi connectivity index (χ4v) is 5.47. The lowest BCUT2D eigenvalue weighted by Crippen LogP contribution is -2.31. The molecule has 6 nitrogen and oxygen atoms in total. The summed E-state index contributed by atoms with van der Waals surface area (Å²) in [6, 6.07) is 22.1.